The van der Waals surface area contributed by atoms with Gasteiger partial charge in [0.15, 0.2) is 17.6 Å². The number of fused-ring (bicyclic) bond motifs is 1. The fraction of sp³-hybridized carbons (Fsp3) is 0.250. The number of carbonyl (C=O) groups is 1. The lowest BCUT2D eigenvalue weighted by Crippen LogP contribution is -2.25. The Kier molecular flexibility index (Phi) is 3.87. The summed E-state index contributed by atoms with van der Waals surface area (Å²) in [5, 5.41) is 9.80. The highest BCUT2D eigenvalue weighted by Crippen LogP contribution is 2.40. The highest BCUT2D eigenvalue weighted by atomic mass is 19.1. The summed E-state index contributed by atoms with van der Waals surface area (Å²) < 4.78 is 25.3. The van der Waals surface area contributed by atoms with Crippen molar-refractivity contribution in [3.8, 4) is 11.5 Å². The molecule has 1 aliphatic heterocycles. The molecule has 3 rings (SSSR count). The number of nitrogens with two attached hydrogens (primary N) is 1. The van der Waals surface area contributed by atoms with Crippen molar-refractivity contribution in [1.82, 2.24) is 4.98 Å². The molecule has 1 unspecified atom stereocenters. The fourth-order valence-electron chi connectivity index (χ4n) is 2.61. The van der Waals surface area contributed by atoms with Gasteiger partial charge in [0.25, 0.3) is 5.91 Å². The van der Waals surface area contributed by atoms with Gasteiger partial charge in [-0.15, -0.1) is 0 Å². The Bertz CT molecular complexity index is 764. The van der Waals surface area contributed by atoms with Gasteiger partial charge in [0.05, 0.1) is 17.9 Å². The van der Waals surface area contributed by atoms with Gasteiger partial charge in [-0.05, 0) is 19.1 Å². The first-order valence-corrected chi connectivity index (χ1v) is 7.02. The summed E-state index contributed by atoms with van der Waals surface area (Å²) in [5.41, 5.74) is 6.03. The maximum absolute atomic E-state index is 13.9. The van der Waals surface area contributed by atoms with E-state index in [2.05, 4.69) is 4.98 Å². The summed E-state index contributed by atoms with van der Waals surface area (Å²) in [5.74, 6) is -0.642. The van der Waals surface area contributed by atoms with E-state index in [1.165, 1.54) is 19.2 Å². The topological polar surface area (TPSA) is 94.7 Å². The molecule has 1 amide bonds. The minimum atomic E-state index is -1.02. The second kappa shape index (κ2) is 5.85. The maximum Gasteiger partial charge on any atom is 0.252 e. The van der Waals surface area contributed by atoms with Crippen LogP contribution in [0.3, 0.4) is 0 Å². The summed E-state index contributed by atoms with van der Waals surface area (Å²) in [7, 11) is 0. The van der Waals surface area contributed by atoms with Crippen molar-refractivity contribution in [3.63, 3.8) is 0 Å². The van der Waals surface area contributed by atoms with Crippen LogP contribution in [0.25, 0.3) is 0 Å². The highest BCUT2D eigenvalue weighted by molar-refractivity contribution is 5.96. The van der Waals surface area contributed by atoms with Crippen LogP contribution in [-0.2, 0) is 0 Å². The van der Waals surface area contributed by atoms with Crippen LogP contribution in [0.2, 0.25) is 0 Å². The van der Waals surface area contributed by atoms with Crippen molar-refractivity contribution in [2.24, 2.45) is 5.73 Å². The summed E-state index contributed by atoms with van der Waals surface area (Å²) in [6, 6.07) is 4.78. The Hall–Kier alpha value is -2.67. The van der Waals surface area contributed by atoms with Crippen LogP contribution < -0.4 is 15.2 Å². The van der Waals surface area contributed by atoms with Crippen LogP contribution in [0.15, 0.2) is 30.6 Å². The van der Waals surface area contributed by atoms with Gasteiger partial charge in [-0.25, -0.2) is 4.39 Å². The number of amides is 1. The Labute approximate surface area is 131 Å². The lowest BCUT2D eigenvalue weighted by molar-refractivity contribution is 0.0832. The Morgan fingerprint density at radius 2 is 2.26 bits per heavy atom. The number of rotatable bonds is 3. The van der Waals surface area contributed by atoms with Gasteiger partial charge in [-0.3, -0.25) is 9.78 Å². The van der Waals surface area contributed by atoms with Gasteiger partial charge < -0.3 is 20.3 Å². The van der Waals surface area contributed by atoms with E-state index >= 15 is 0 Å². The zero-order chi connectivity index (χ0) is 16.6. The van der Waals surface area contributed by atoms with Crippen molar-refractivity contribution in [2.45, 2.75) is 19.1 Å². The standard InChI is InChI=1S/C16H15FN2O4/c1-8(20)14-10(5-19-6-11(14)17)13-7-22-15-9(16(18)21)3-2-4-12(15)23-13/h2-6,8,13,20H,7H2,1H3,(H2,18,21)/t8-,13?/m0/s1. The Morgan fingerprint density at radius 3 is 2.96 bits per heavy atom. The second-order valence-electron chi connectivity index (χ2n) is 5.21. The van der Waals surface area contributed by atoms with Gasteiger partial charge in [-0.2, -0.15) is 0 Å². The fourth-order valence-corrected chi connectivity index (χ4v) is 2.61. The largest absolute Gasteiger partial charge is 0.485 e. The molecule has 3 N–H and O–H groups in total. The van der Waals surface area contributed by atoms with Crippen LogP contribution in [0.1, 0.15) is 40.6 Å². The van der Waals surface area contributed by atoms with Crippen LogP contribution >= 0.6 is 0 Å². The minimum absolute atomic E-state index is 0.0438. The number of benzene rings is 1. The van der Waals surface area contributed by atoms with Crippen molar-refractivity contribution < 1.29 is 23.8 Å². The molecule has 6 nitrogen and oxygen atoms in total. The van der Waals surface area contributed by atoms with Crippen LogP contribution in [-0.4, -0.2) is 22.6 Å². The number of ether oxygens (including phenoxy) is 2. The van der Waals surface area contributed by atoms with E-state index in [4.69, 9.17) is 15.2 Å². The zero-order valence-corrected chi connectivity index (χ0v) is 12.3. The van der Waals surface area contributed by atoms with Gasteiger partial charge in [-0.1, -0.05) is 6.07 Å². The van der Waals surface area contributed by atoms with Crippen molar-refractivity contribution in [3.05, 3.63) is 53.1 Å². The maximum atomic E-state index is 13.9. The number of para-hydroxylation sites is 1. The molecule has 23 heavy (non-hydrogen) atoms. The molecule has 0 radical (unpaired) electrons. The number of nitrogens with zero attached hydrogens (tertiary/aromatic N) is 1. The average molecular weight is 318 g/mol. The second-order valence-corrected chi connectivity index (χ2v) is 5.21. The van der Waals surface area contributed by atoms with Gasteiger partial charge in [0.1, 0.15) is 12.4 Å². The molecule has 1 aromatic heterocycles. The lowest BCUT2D eigenvalue weighted by Gasteiger charge is -2.29. The molecule has 1 aliphatic rings. The van der Waals surface area contributed by atoms with E-state index in [0.29, 0.717) is 11.3 Å². The lowest BCUT2D eigenvalue weighted by atomic mass is 10.00. The van der Waals surface area contributed by atoms with Crippen molar-refractivity contribution >= 4 is 5.91 Å². The predicted octanol–water partition coefficient (Wildman–Crippen LogP) is 1.89. The molecular formula is C16H15FN2O4. The highest BCUT2D eigenvalue weighted by Gasteiger charge is 2.29. The van der Waals surface area contributed by atoms with Gasteiger partial charge >= 0.3 is 0 Å². The van der Waals surface area contributed by atoms with E-state index in [1.54, 1.807) is 12.1 Å². The molecule has 2 atom stereocenters. The van der Waals surface area contributed by atoms with E-state index in [0.717, 1.165) is 6.20 Å². The third-order valence-electron chi connectivity index (χ3n) is 3.63. The first kappa shape index (κ1) is 15.2. The molecule has 7 heteroatoms. The van der Waals surface area contributed by atoms with Crippen molar-refractivity contribution in [1.29, 1.82) is 0 Å². The number of halogens is 1. The van der Waals surface area contributed by atoms with Crippen molar-refractivity contribution in [2.75, 3.05) is 6.61 Å². The number of primary amides is 1. The van der Waals surface area contributed by atoms with Gasteiger partial charge in [0.2, 0.25) is 0 Å². The SMILES string of the molecule is C[C@H](O)c1c(F)cncc1C1COc2c(cccc2C(N)=O)O1. The summed E-state index contributed by atoms with van der Waals surface area (Å²) in [6.07, 6.45) is 0.796. The third kappa shape index (κ3) is 2.70. The van der Waals surface area contributed by atoms with Crippen LogP contribution in [0.5, 0.6) is 11.5 Å². The molecule has 2 heterocycles. The number of pyridine rings is 1. The van der Waals surface area contributed by atoms with E-state index < -0.39 is 23.9 Å². The minimum Gasteiger partial charge on any atom is -0.485 e. The predicted molar refractivity (Wildman–Crippen MR) is 78.7 cm³/mol. The molecule has 2 aromatic rings. The first-order chi connectivity index (χ1) is 11.0. The first-order valence-electron chi connectivity index (χ1n) is 7.02. The van der Waals surface area contributed by atoms with Crippen LogP contribution in [0.4, 0.5) is 4.39 Å². The summed E-state index contributed by atoms with van der Waals surface area (Å²) in [6.45, 7) is 1.51. The molecule has 0 bridgehead atoms. The number of carbonyl (C=O) groups excluding carboxylic acids is 1. The van der Waals surface area contributed by atoms with E-state index in [9.17, 15) is 14.3 Å². The molecule has 0 saturated heterocycles. The molecule has 1 aromatic carbocycles. The Balaban J connectivity index is 1.99. The summed E-state index contributed by atoms with van der Waals surface area (Å²) >= 11 is 0. The molecule has 0 saturated carbocycles. The zero-order valence-electron chi connectivity index (χ0n) is 12.3. The van der Waals surface area contributed by atoms with E-state index in [-0.39, 0.29) is 23.5 Å². The summed E-state index contributed by atoms with van der Waals surface area (Å²) in [4.78, 5) is 15.2. The number of hydrogen-bond donors (Lipinski definition) is 2. The number of aliphatic hydroxyl groups excluding tert-OH is 1. The number of hydrogen-bond acceptors (Lipinski definition) is 5. The molecule has 0 spiro atoms. The molecular weight excluding hydrogens is 303 g/mol. The van der Waals surface area contributed by atoms with E-state index in [1.807, 2.05) is 0 Å². The normalized spacial score (nSPS) is 17.6. The number of aromatic nitrogens is 1. The van der Waals surface area contributed by atoms with Crippen LogP contribution in [0, 0.1) is 5.82 Å². The smallest absolute Gasteiger partial charge is 0.252 e. The Morgan fingerprint density at radius 1 is 1.48 bits per heavy atom. The molecule has 0 fully saturated rings. The third-order valence-corrected chi connectivity index (χ3v) is 3.63. The quantitative estimate of drug-likeness (QED) is 0.901. The van der Waals surface area contributed by atoms with Gasteiger partial charge in [0, 0.05) is 17.3 Å². The number of aliphatic hydroxyl groups is 1. The molecule has 120 valence electrons. The average Bonchev–Trinajstić information content (AvgIpc) is 2.53. The molecule has 0 aliphatic carbocycles. The monoisotopic (exact) mass is 318 g/mol.